The van der Waals surface area contributed by atoms with Gasteiger partial charge in [0.05, 0.1) is 5.60 Å². The summed E-state index contributed by atoms with van der Waals surface area (Å²) in [7, 11) is 0. The summed E-state index contributed by atoms with van der Waals surface area (Å²) in [5, 5.41) is 13.5. The first kappa shape index (κ1) is 11.5. The van der Waals surface area contributed by atoms with Crippen LogP contribution in [0.1, 0.15) is 37.7 Å². The fourth-order valence-corrected chi connectivity index (χ4v) is 2.25. The Labute approximate surface area is 96.1 Å². The Kier molecular flexibility index (Phi) is 3.85. The molecule has 0 atom stereocenters. The van der Waals surface area contributed by atoms with E-state index in [1.807, 2.05) is 0 Å². The molecule has 1 aliphatic carbocycles. The van der Waals surface area contributed by atoms with Gasteiger partial charge < -0.3 is 10.4 Å². The van der Waals surface area contributed by atoms with Crippen LogP contribution in [0, 0.1) is 0 Å². The highest BCUT2D eigenvalue weighted by molar-refractivity contribution is 5.01. The van der Waals surface area contributed by atoms with Gasteiger partial charge in [0.15, 0.2) is 0 Å². The lowest BCUT2D eigenvalue weighted by Gasteiger charge is -2.32. The molecule has 1 heterocycles. The molecule has 2 rings (SSSR count). The van der Waals surface area contributed by atoms with Crippen LogP contribution in [0.4, 0.5) is 0 Å². The van der Waals surface area contributed by atoms with Gasteiger partial charge in [-0.2, -0.15) is 0 Å². The van der Waals surface area contributed by atoms with Crippen molar-refractivity contribution in [1.82, 2.24) is 15.3 Å². The van der Waals surface area contributed by atoms with E-state index >= 15 is 0 Å². The van der Waals surface area contributed by atoms with Gasteiger partial charge >= 0.3 is 0 Å². The first-order chi connectivity index (χ1) is 7.79. The Morgan fingerprint density at radius 3 is 2.56 bits per heavy atom. The zero-order valence-corrected chi connectivity index (χ0v) is 9.52. The average Bonchev–Trinajstić information content (AvgIpc) is 2.31. The minimum absolute atomic E-state index is 0.492. The van der Waals surface area contributed by atoms with E-state index in [9.17, 15) is 5.11 Å². The van der Waals surface area contributed by atoms with E-state index in [1.54, 1.807) is 12.4 Å². The third kappa shape index (κ3) is 3.25. The average molecular weight is 221 g/mol. The molecule has 2 N–H and O–H groups in total. The van der Waals surface area contributed by atoms with Crippen molar-refractivity contribution in [2.24, 2.45) is 0 Å². The third-order valence-corrected chi connectivity index (χ3v) is 3.18. The summed E-state index contributed by atoms with van der Waals surface area (Å²) in [5.41, 5.74) is 0.565. The standard InChI is InChI=1S/C12H19N3O/c16-12(4-2-1-3-5-12)9-13-6-11-7-14-10-15-8-11/h7-8,10,13,16H,1-6,9H2. The lowest BCUT2D eigenvalue weighted by molar-refractivity contribution is 0.00466. The van der Waals surface area contributed by atoms with E-state index in [1.165, 1.54) is 12.7 Å². The predicted octanol–water partition coefficient (Wildman–Crippen LogP) is 1.26. The molecular formula is C12H19N3O. The number of nitrogens with zero attached hydrogens (tertiary/aromatic N) is 2. The summed E-state index contributed by atoms with van der Waals surface area (Å²) < 4.78 is 0. The highest BCUT2D eigenvalue weighted by Crippen LogP contribution is 2.27. The van der Waals surface area contributed by atoms with Crippen molar-refractivity contribution in [3.63, 3.8) is 0 Å². The number of hydrogen-bond donors (Lipinski definition) is 2. The van der Waals surface area contributed by atoms with Gasteiger partial charge in [-0.15, -0.1) is 0 Å². The van der Waals surface area contributed by atoms with Crippen LogP contribution >= 0.6 is 0 Å². The summed E-state index contributed by atoms with van der Waals surface area (Å²) in [6.07, 6.45) is 10.5. The second kappa shape index (κ2) is 5.37. The van der Waals surface area contributed by atoms with E-state index in [2.05, 4.69) is 15.3 Å². The van der Waals surface area contributed by atoms with Gasteiger partial charge in [0.1, 0.15) is 6.33 Å². The van der Waals surface area contributed by atoms with Crippen molar-refractivity contribution in [1.29, 1.82) is 0 Å². The predicted molar refractivity (Wildman–Crippen MR) is 61.8 cm³/mol. The lowest BCUT2D eigenvalue weighted by atomic mass is 9.85. The molecule has 4 nitrogen and oxygen atoms in total. The smallest absolute Gasteiger partial charge is 0.115 e. The Morgan fingerprint density at radius 2 is 1.88 bits per heavy atom. The highest BCUT2D eigenvalue weighted by Gasteiger charge is 2.28. The van der Waals surface area contributed by atoms with Gasteiger partial charge in [-0.3, -0.25) is 0 Å². The molecule has 0 spiro atoms. The molecule has 1 aromatic heterocycles. The first-order valence-corrected chi connectivity index (χ1v) is 5.96. The third-order valence-electron chi connectivity index (χ3n) is 3.18. The van der Waals surface area contributed by atoms with Crippen LogP contribution in [-0.4, -0.2) is 27.2 Å². The Balaban J connectivity index is 1.75. The van der Waals surface area contributed by atoms with Gasteiger partial charge in [0.25, 0.3) is 0 Å². The lowest BCUT2D eigenvalue weighted by Crippen LogP contribution is -2.41. The van der Waals surface area contributed by atoms with Crippen LogP contribution < -0.4 is 5.32 Å². The maximum Gasteiger partial charge on any atom is 0.115 e. The Bertz CT molecular complexity index is 309. The van der Waals surface area contributed by atoms with Crippen LogP contribution in [-0.2, 0) is 6.54 Å². The fraction of sp³-hybridized carbons (Fsp3) is 0.667. The molecule has 16 heavy (non-hydrogen) atoms. The number of aliphatic hydroxyl groups is 1. The summed E-state index contributed by atoms with van der Waals surface area (Å²) in [5.74, 6) is 0. The van der Waals surface area contributed by atoms with Crippen LogP contribution in [0.25, 0.3) is 0 Å². The van der Waals surface area contributed by atoms with E-state index in [0.29, 0.717) is 6.54 Å². The largest absolute Gasteiger partial charge is 0.389 e. The van der Waals surface area contributed by atoms with Gasteiger partial charge in [0, 0.05) is 31.0 Å². The molecule has 1 aliphatic rings. The van der Waals surface area contributed by atoms with E-state index < -0.39 is 5.60 Å². The zero-order chi connectivity index (χ0) is 11.3. The molecule has 1 fully saturated rings. The molecule has 0 saturated heterocycles. The topological polar surface area (TPSA) is 58.0 Å². The van der Waals surface area contributed by atoms with E-state index in [-0.39, 0.29) is 0 Å². The summed E-state index contributed by atoms with van der Waals surface area (Å²) >= 11 is 0. The Morgan fingerprint density at radius 1 is 1.19 bits per heavy atom. The molecule has 0 aliphatic heterocycles. The van der Waals surface area contributed by atoms with Crippen molar-refractivity contribution in [2.45, 2.75) is 44.2 Å². The minimum Gasteiger partial charge on any atom is -0.389 e. The van der Waals surface area contributed by atoms with Gasteiger partial charge in [-0.1, -0.05) is 19.3 Å². The van der Waals surface area contributed by atoms with Gasteiger partial charge in [-0.25, -0.2) is 9.97 Å². The van der Waals surface area contributed by atoms with Gasteiger partial charge in [-0.05, 0) is 12.8 Å². The van der Waals surface area contributed by atoms with Crippen LogP contribution in [0.5, 0.6) is 0 Å². The summed E-state index contributed by atoms with van der Waals surface area (Å²) in [4.78, 5) is 7.91. The zero-order valence-electron chi connectivity index (χ0n) is 9.52. The monoisotopic (exact) mass is 221 g/mol. The molecule has 0 unspecified atom stereocenters. The second-order valence-corrected chi connectivity index (χ2v) is 4.64. The number of rotatable bonds is 4. The molecule has 0 radical (unpaired) electrons. The van der Waals surface area contributed by atoms with Gasteiger partial charge in [0.2, 0.25) is 0 Å². The number of hydrogen-bond acceptors (Lipinski definition) is 4. The molecule has 4 heteroatoms. The molecule has 1 saturated carbocycles. The van der Waals surface area contributed by atoms with Crippen LogP contribution in [0.15, 0.2) is 18.7 Å². The minimum atomic E-state index is -0.492. The van der Waals surface area contributed by atoms with Crippen LogP contribution in [0.2, 0.25) is 0 Å². The van der Waals surface area contributed by atoms with Crippen molar-refractivity contribution in [2.75, 3.05) is 6.54 Å². The Hall–Kier alpha value is -1.00. The van der Waals surface area contributed by atoms with Crippen molar-refractivity contribution < 1.29 is 5.11 Å². The molecule has 0 aromatic carbocycles. The summed E-state index contributed by atoms with van der Waals surface area (Å²) in [6.45, 7) is 1.39. The molecule has 88 valence electrons. The van der Waals surface area contributed by atoms with Crippen molar-refractivity contribution in [3.05, 3.63) is 24.3 Å². The van der Waals surface area contributed by atoms with E-state index in [0.717, 1.165) is 37.8 Å². The quantitative estimate of drug-likeness (QED) is 0.803. The maximum atomic E-state index is 10.3. The summed E-state index contributed by atoms with van der Waals surface area (Å²) in [6, 6.07) is 0. The number of aromatic nitrogens is 2. The molecular weight excluding hydrogens is 202 g/mol. The number of nitrogens with one attached hydrogen (secondary N) is 1. The fourth-order valence-electron chi connectivity index (χ4n) is 2.25. The van der Waals surface area contributed by atoms with Crippen molar-refractivity contribution >= 4 is 0 Å². The first-order valence-electron chi connectivity index (χ1n) is 5.96. The molecule has 1 aromatic rings. The second-order valence-electron chi connectivity index (χ2n) is 4.64. The molecule has 0 amide bonds. The SMILES string of the molecule is OC1(CNCc2cncnc2)CCCCC1. The maximum absolute atomic E-state index is 10.3. The normalized spacial score (nSPS) is 19.6. The van der Waals surface area contributed by atoms with Crippen molar-refractivity contribution in [3.8, 4) is 0 Å². The van der Waals surface area contributed by atoms with Crippen LogP contribution in [0.3, 0.4) is 0 Å². The molecule has 0 bridgehead atoms. The highest BCUT2D eigenvalue weighted by atomic mass is 16.3. The van der Waals surface area contributed by atoms with E-state index in [4.69, 9.17) is 0 Å².